The zero-order chi connectivity index (χ0) is 17.0. The molecule has 0 fully saturated rings. The first-order valence-electron chi connectivity index (χ1n) is 6.83. The number of benzene rings is 2. The summed E-state index contributed by atoms with van der Waals surface area (Å²) >= 11 is 0. The molecule has 0 spiro atoms. The number of carbonyl (C=O) groups is 1. The SMILES string of the molecule is C[C@H](NC(=O)Nc1ccc([S@](C)=O)cc1)c1ccc(F)c(F)c1. The van der Waals surface area contributed by atoms with Crippen LogP contribution in [0.5, 0.6) is 0 Å². The number of amides is 2. The molecule has 4 nitrogen and oxygen atoms in total. The maximum atomic E-state index is 13.2. The van der Waals surface area contributed by atoms with Gasteiger partial charge in [-0.1, -0.05) is 6.07 Å². The predicted octanol–water partition coefficient (Wildman–Crippen LogP) is 3.58. The van der Waals surface area contributed by atoms with E-state index in [0.29, 0.717) is 16.1 Å². The molecule has 2 aromatic rings. The Morgan fingerprint density at radius 2 is 1.74 bits per heavy atom. The van der Waals surface area contributed by atoms with Crippen molar-refractivity contribution in [3.05, 3.63) is 59.7 Å². The van der Waals surface area contributed by atoms with Gasteiger partial charge < -0.3 is 10.6 Å². The molecule has 0 aliphatic rings. The molecule has 0 aromatic heterocycles. The first kappa shape index (κ1) is 17.1. The second kappa shape index (κ2) is 7.32. The summed E-state index contributed by atoms with van der Waals surface area (Å²) in [5.74, 6) is -1.89. The highest BCUT2D eigenvalue weighted by atomic mass is 32.2. The second-order valence-corrected chi connectivity index (χ2v) is 6.35. The van der Waals surface area contributed by atoms with Crippen LogP contribution in [-0.2, 0) is 10.8 Å². The first-order chi connectivity index (χ1) is 10.9. The summed E-state index contributed by atoms with van der Waals surface area (Å²) in [7, 11) is -1.08. The smallest absolute Gasteiger partial charge is 0.319 e. The van der Waals surface area contributed by atoms with E-state index in [4.69, 9.17) is 0 Å². The van der Waals surface area contributed by atoms with Crippen LogP contribution in [0.15, 0.2) is 47.4 Å². The Labute approximate surface area is 135 Å². The Morgan fingerprint density at radius 3 is 2.30 bits per heavy atom. The van der Waals surface area contributed by atoms with Crippen LogP contribution in [0.1, 0.15) is 18.5 Å². The number of carbonyl (C=O) groups excluding carboxylic acids is 1. The van der Waals surface area contributed by atoms with Gasteiger partial charge in [0, 0.05) is 27.6 Å². The van der Waals surface area contributed by atoms with Crippen molar-refractivity contribution in [2.45, 2.75) is 17.9 Å². The summed E-state index contributed by atoms with van der Waals surface area (Å²) in [5.41, 5.74) is 0.991. The molecule has 0 bridgehead atoms. The largest absolute Gasteiger partial charge is 0.331 e. The van der Waals surface area contributed by atoms with Gasteiger partial charge >= 0.3 is 6.03 Å². The zero-order valence-corrected chi connectivity index (χ0v) is 13.4. The van der Waals surface area contributed by atoms with Crippen LogP contribution < -0.4 is 10.6 Å². The Balaban J connectivity index is 1.98. The van der Waals surface area contributed by atoms with Crippen LogP contribution >= 0.6 is 0 Å². The molecular formula is C16H16F2N2O2S. The molecule has 23 heavy (non-hydrogen) atoms. The molecular weight excluding hydrogens is 322 g/mol. The lowest BCUT2D eigenvalue weighted by Gasteiger charge is -2.15. The Kier molecular flexibility index (Phi) is 5.44. The van der Waals surface area contributed by atoms with Crippen LogP contribution in [0.2, 0.25) is 0 Å². The van der Waals surface area contributed by atoms with Crippen LogP contribution in [-0.4, -0.2) is 16.5 Å². The van der Waals surface area contributed by atoms with Crippen molar-refractivity contribution < 1.29 is 17.8 Å². The van der Waals surface area contributed by atoms with E-state index in [0.717, 1.165) is 12.1 Å². The fourth-order valence-corrected chi connectivity index (χ4v) is 2.48. The number of nitrogens with one attached hydrogen (secondary N) is 2. The number of rotatable bonds is 4. The molecule has 2 atom stereocenters. The maximum Gasteiger partial charge on any atom is 0.319 e. The van der Waals surface area contributed by atoms with Gasteiger partial charge in [-0.15, -0.1) is 0 Å². The average Bonchev–Trinajstić information content (AvgIpc) is 2.50. The van der Waals surface area contributed by atoms with Gasteiger partial charge in [0.25, 0.3) is 0 Å². The van der Waals surface area contributed by atoms with E-state index in [1.807, 2.05) is 0 Å². The van der Waals surface area contributed by atoms with E-state index >= 15 is 0 Å². The van der Waals surface area contributed by atoms with Gasteiger partial charge in [-0.3, -0.25) is 4.21 Å². The Hall–Kier alpha value is -2.28. The number of hydrogen-bond acceptors (Lipinski definition) is 2. The highest BCUT2D eigenvalue weighted by molar-refractivity contribution is 7.84. The molecule has 2 aromatic carbocycles. The molecule has 0 aliphatic heterocycles. The van der Waals surface area contributed by atoms with E-state index in [1.165, 1.54) is 6.07 Å². The van der Waals surface area contributed by atoms with Crippen molar-refractivity contribution in [1.82, 2.24) is 5.32 Å². The van der Waals surface area contributed by atoms with Crippen LogP contribution in [0, 0.1) is 11.6 Å². The molecule has 0 heterocycles. The fourth-order valence-electron chi connectivity index (χ4n) is 1.96. The van der Waals surface area contributed by atoms with Crippen molar-refractivity contribution >= 4 is 22.5 Å². The van der Waals surface area contributed by atoms with E-state index in [2.05, 4.69) is 10.6 Å². The molecule has 122 valence electrons. The van der Waals surface area contributed by atoms with Gasteiger partial charge in [0.05, 0.1) is 6.04 Å². The lowest BCUT2D eigenvalue weighted by atomic mass is 10.1. The standard InChI is InChI=1S/C16H16F2N2O2S/c1-10(11-3-8-14(17)15(18)9-11)19-16(21)20-12-4-6-13(7-5-12)23(2)22/h3-10H,1-2H3,(H2,19,20,21)/t10-,23-/m0/s1. The number of hydrogen-bond donors (Lipinski definition) is 2. The van der Waals surface area contributed by atoms with Crippen LogP contribution in [0.25, 0.3) is 0 Å². The van der Waals surface area contributed by atoms with E-state index in [-0.39, 0.29) is 0 Å². The van der Waals surface area contributed by atoms with E-state index < -0.39 is 34.5 Å². The highest BCUT2D eigenvalue weighted by Gasteiger charge is 2.12. The molecule has 0 saturated carbocycles. The van der Waals surface area contributed by atoms with Crippen molar-refractivity contribution in [2.75, 3.05) is 11.6 Å². The van der Waals surface area contributed by atoms with Gasteiger partial charge in [0.15, 0.2) is 11.6 Å². The molecule has 0 saturated heterocycles. The predicted molar refractivity (Wildman–Crippen MR) is 85.7 cm³/mol. The summed E-state index contributed by atoms with van der Waals surface area (Å²) in [6.07, 6.45) is 1.57. The molecule has 2 rings (SSSR count). The molecule has 2 N–H and O–H groups in total. The summed E-state index contributed by atoms with van der Waals surface area (Å²) in [6, 6.07) is 9.09. The third kappa shape index (κ3) is 4.59. The molecule has 0 aliphatic carbocycles. The fraction of sp³-hybridized carbons (Fsp3) is 0.188. The maximum absolute atomic E-state index is 13.2. The van der Waals surface area contributed by atoms with Gasteiger partial charge in [-0.25, -0.2) is 13.6 Å². The third-order valence-corrected chi connectivity index (χ3v) is 4.17. The topological polar surface area (TPSA) is 58.2 Å². The highest BCUT2D eigenvalue weighted by Crippen LogP contribution is 2.17. The molecule has 0 unspecified atom stereocenters. The molecule has 7 heteroatoms. The molecule has 0 radical (unpaired) electrons. The summed E-state index contributed by atoms with van der Waals surface area (Å²) < 4.78 is 37.4. The molecule has 2 amide bonds. The lowest BCUT2D eigenvalue weighted by molar-refractivity contribution is 0.249. The van der Waals surface area contributed by atoms with Crippen molar-refractivity contribution in [3.8, 4) is 0 Å². The Bertz CT molecular complexity index is 735. The van der Waals surface area contributed by atoms with Gasteiger partial charge in [-0.2, -0.15) is 0 Å². The Morgan fingerprint density at radius 1 is 1.09 bits per heavy atom. The quantitative estimate of drug-likeness (QED) is 0.895. The minimum atomic E-state index is -1.08. The van der Waals surface area contributed by atoms with Crippen molar-refractivity contribution in [3.63, 3.8) is 0 Å². The minimum Gasteiger partial charge on any atom is -0.331 e. The summed E-state index contributed by atoms with van der Waals surface area (Å²) in [6.45, 7) is 1.66. The number of anilines is 1. The van der Waals surface area contributed by atoms with Crippen molar-refractivity contribution in [2.24, 2.45) is 0 Å². The van der Waals surface area contributed by atoms with Gasteiger partial charge in [0.1, 0.15) is 0 Å². The van der Waals surface area contributed by atoms with Gasteiger partial charge in [0.2, 0.25) is 0 Å². The second-order valence-electron chi connectivity index (χ2n) is 4.97. The first-order valence-corrected chi connectivity index (χ1v) is 8.38. The van der Waals surface area contributed by atoms with Crippen molar-refractivity contribution in [1.29, 1.82) is 0 Å². The van der Waals surface area contributed by atoms with Crippen LogP contribution in [0.3, 0.4) is 0 Å². The number of urea groups is 1. The minimum absolute atomic E-state index is 0.454. The lowest BCUT2D eigenvalue weighted by Crippen LogP contribution is -2.31. The summed E-state index contributed by atoms with van der Waals surface area (Å²) in [4.78, 5) is 12.6. The van der Waals surface area contributed by atoms with Crippen LogP contribution in [0.4, 0.5) is 19.3 Å². The third-order valence-electron chi connectivity index (χ3n) is 3.24. The monoisotopic (exact) mass is 338 g/mol. The van der Waals surface area contributed by atoms with E-state index in [1.54, 1.807) is 37.4 Å². The normalized spacial score (nSPS) is 13.2. The zero-order valence-electron chi connectivity index (χ0n) is 12.6. The summed E-state index contributed by atoms with van der Waals surface area (Å²) in [5, 5.41) is 5.25. The van der Waals surface area contributed by atoms with Gasteiger partial charge in [-0.05, 0) is 48.9 Å². The number of halogens is 2. The van der Waals surface area contributed by atoms with E-state index in [9.17, 15) is 17.8 Å². The average molecular weight is 338 g/mol.